The fourth-order valence-electron chi connectivity index (χ4n) is 9.35. The van der Waals surface area contributed by atoms with Crippen LogP contribution in [0.1, 0.15) is 230 Å². The molecule has 0 atom stereocenters. The second-order valence-corrected chi connectivity index (χ2v) is 24.7. The Labute approximate surface area is 496 Å². The van der Waals surface area contributed by atoms with Gasteiger partial charge in [0.25, 0.3) is 0 Å². The SMILES string of the molecule is CCCCCCc1cc(C)cc(CCCCCC)c1.CCCCCCc1ccc(C)cc1.Cc1cc(C)c(C)c(C)c1.Cc1cc(C)c(C)c(C)c1.Cc1ccc(C(C)(C)C)cc1.Cc1ccc(C)c(C)c1.Cc1ccc(C)cc1. The molecule has 0 nitrogen and oxygen atoms in total. The summed E-state index contributed by atoms with van der Waals surface area (Å²) in [5.41, 5.74) is 28.4. The summed E-state index contributed by atoms with van der Waals surface area (Å²) in [5.74, 6) is 0. The molecule has 0 bridgehead atoms. The molecule has 0 fully saturated rings. The van der Waals surface area contributed by atoms with E-state index in [0.717, 1.165) is 0 Å². The number of rotatable bonds is 15. The lowest BCUT2D eigenvalue weighted by atomic mass is 9.87. The van der Waals surface area contributed by atoms with Crippen molar-refractivity contribution in [3.05, 3.63) is 245 Å². The third kappa shape index (κ3) is 33.3. The van der Waals surface area contributed by atoms with Crippen molar-refractivity contribution >= 4 is 0 Å². The molecular formula is C80H118. The molecule has 7 aromatic carbocycles. The van der Waals surface area contributed by atoms with E-state index in [1.807, 2.05) is 0 Å². The van der Waals surface area contributed by atoms with Gasteiger partial charge in [0.2, 0.25) is 0 Å². The van der Waals surface area contributed by atoms with E-state index in [1.165, 1.54) is 196 Å². The van der Waals surface area contributed by atoms with E-state index in [0.29, 0.717) is 0 Å². The first-order chi connectivity index (χ1) is 37.8. The molecule has 0 N–H and O–H groups in total. The Morgan fingerprint density at radius 3 is 0.838 bits per heavy atom. The molecule has 0 saturated carbocycles. The van der Waals surface area contributed by atoms with Gasteiger partial charge in [0.05, 0.1) is 0 Å². The van der Waals surface area contributed by atoms with Crippen LogP contribution in [0.5, 0.6) is 0 Å². The highest BCUT2D eigenvalue weighted by Crippen LogP contribution is 2.22. The third-order valence-corrected chi connectivity index (χ3v) is 15.2. The van der Waals surface area contributed by atoms with Crippen molar-refractivity contribution in [3.8, 4) is 0 Å². The minimum atomic E-state index is 0.285. The van der Waals surface area contributed by atoms with Gasteiger partial charge in [-0.15, -0.1) is 0 Å². The first kappa shape index (κ1) is 72.6. The molecule has 0 radical (unpaired) electrons. The molecule has 0 saturated heterocycles. The third-order valence-electron chi connectivity index (χ3n) is 15.2. The maximum absolute atomic E-state index is 2.45. The van der Waals surface area contributed by atoms with E-state index in [9.17, 15) is 0 Å². The van der Waals surface area contributed by atoms with Crippen LogP contribution < -0.4 is 0 Å². The maximum atomic E-state index is 2.45. The van der Waals surface area contributed by atoms with Gasteiger partial charge in [-0.25, -0.2) is 0 Å². The van der Waals surface area contributed by atoms with Crippen molar-refractivity contribution < 1.29 is 0 Å². The molecule has 0 unspecified atom stereocenters. The number of benzene rings is 7. The summed E-state index contributed by atoms with van der Waals surface area (Å²) in [6.07, 6.45) is 20.1. The van der Waals surface area contributed by atoms with Crippen molar-refractivity contribution in [2.24, 2.45) is 0 Å². The van der Waals surface area contributed by atoms with Crippen molar-refractivity contribution in [1.82, 2.24) is 0 Å². The Morgan fingerprint density at radius 1 is 0.237 bits per heavy atom. The van der Waals surface area contributed by atoms with Gasteiger partial charge in [0, 0.05) is 0 Å². The van der Waals surface area contributed by atoms with Crippen molar-refractivity contribution in [2.45, 2.75) is 254 Å². The van der Waals surface area contributed by atoms with Crippen LogP contribution in [0.3, 0.4) is 0 Å². The van der Waals surface area contributed by atoms with E-state index in [4.69, 9.17) is 0 Å². The van der Waals surface area contributed by atoms with Gasteiger partial charge < -0.3 is 0 Å². The molecule has 7 rings (SSSR count). The number of unbranched alkanes of at least 4 members (excludes halogenated alkanes) is 9. The lowest BCUT2D eigenvalue weighted by Crippen LogP contribution is -2.10. The van der Waals surface area contributed by atoms with Crippen LogP contribution in [0.4, 0.5) is 0 Å². The molecule has 0 heteroatoms. The van der Waals surface area contributed by atoms with Gasteiger partial charge in [-0.1, -0.05) is 277 Å². The summed E-state index contributed by atoms with van der Waals surface area (Å²) < 4.78 is 0. The summed E-state index contributed by atoms with van der Waals surface area (Å²) in [7, 11) is 0. The van der Waals surface area contributed by atoms with Gasteiger partial charge >= 0.3 is 0 Å². The standard InChI is InChI=1S/C19H32.C13H20.C11H16.2C10H14.C9H12.C8H10/c1-4-6-8-10-12-18-14-17(3)15-19(16-18)13-11-9-7-5-2;1-3-4-5-6-7-13-10-8-12(2)9-11-13;1-9-5-7-10(8-6-9)11(2,3)4;2*1-7-5-8(2)10(4)9(3)6-7;1-7-4-5-8(2)9(3)6-7;1-7-3-5-8(2)6-4-7/h14-16H,4-13H2,1-3H3;8-11H,3-7H2,1-2H3;5-8H,1-4H3;2*5-6H,1-4H3;4-6H,1-3H3;3-6H,1-2H3. The van der Waals surface area contributed by atoms with Gasteiger partial charge in [-0.2, -0.15) is 0 Å². The van der Waals surface area contributed by atoms with Crippen LogP contribution in [0.25, 0.3) is 0 Å². The van der Waals surface area contributed by atoms with E-state index < -0.39 is 0 Å². The zero-order chi connectivity index (χ0) is 60.2. The summed E-state index contributed by atoms with van der Waals surface area (Å²) >= 11 is 0. The molecule has 0 aromatic heterocycles. The molecule has 0 aliphatic carbocycles. The summed E-state index contributed by atoms with van der Waals surface area (Å²) in [4.78, 5) is 0. The number of hydrogen-bond acceptors (Lipinski definition) is 0. The van der Waals surface area contributed by atoms with E-state index >= 15 is 0 Å². The van der Waals surface area contributed by atoms with E-state index in [2.05, 4.69) is 286 Å². The van der Waals surface area contributed by atoms with Crippen LogP contribution in [0, 0.1) is 111 Å². The lowest BCUT2D eigenvalue weighted by molar-refractivity contribution is 0.590. The fourth-order valence-corrected chi connectivity index (χ4v) is 9.35. The summed E-state index contributed by atoms with van der Waals surface area (Å²) in [6, 6.07) is 48.7. The van der Waals surface area contributed by atoms with Crippen molar-refractivity contribution in [2.75, 3.05) is 0 Å². The lowest BCUT2D eigenvalue weighted by Gasteiger charge is -2.18. The Bertz CT molecular complexity index is 2560. The first-order valence-electron chi connectivity index (χ1n) is 31.2. The largest absolute Gasteiger partial charge is 0.0654 e. The average molecular weight is 1080 g/mol. The maximum Gasteiger partial charge on any atom is -0.0132 e. The monoisotopic (exact) mass is 1080 g/mol. The topological polar surface area (TPSA) is 0 Å². The quantitative estimate of drug-likeness (QED) is 0.0898. The Balaban J connectivity index is 0.000000475. The van der Waals surface area contributed by atoms with E-state index in [-0.39, 0.29) is 5.41 Å². The normalized spacial score (nSPS) is 10.4. The molecule has 438 valence electrons. The second kappa shape index (κ2) is 40.7. The zero-order valence-electron chi connectivity index (χ0n) is 55.8. The van der Waals surface area contributed by atoms with E-state index in [1.54, 1.807) is 11.1 Å². The first-order valence-corrected chi connectivity index (χ1v) is 31.2. The number of hydrogen-bond donors (Lipinski definition) is 0. The zero-order valence-corrected chi connectivity index (χ0v) is 55.8. The van der Waals surface area contributed by atoms with Gasteiger partial charge in [0.15, 0.2) is 0 Å². The summed E-state index contributed by atoms with van der Waals surface area (Å²) in [5, 5.41) is 0. The van der Waals surface area contributed by atoms with Crippen LogP contribution in [-0.2, 0) is 24.7 Å². The highest BCUT2D eigenvalue weighted by atomic mass is 14.2. The van der Waals surface area contributed by atoms with Crippen LogP contribution in [0.15, 0.2) is 133 Å². The van der Waals surface area contributed by atoms with Gasteiger partial charge in [-0.05, 0) is 221 Å². The second-order valence-electron chi connectivity index (χ2n) is 24.7. The minimum absolute atomic E-state index is 0.285. The molecule has 0 spiro atoms. The molecule has 0 amide bonds. The predicted molar refractivity (Wildman–Crippen MR) is 363 cm³/mol. The van der Waals surface area contributed by atoms with Crippen LogP contribution in [-0.4, -0.2) is 0 Å². The Morgan fingerprint density at radius 2 is 0.525 bits per heavy atom. The highest BCUT2D eigenvalue weighted by Gasteiger charge is 2.12. The van der Waals surface area contributed by atoms with Crippen molar-refractivity contribution in [1.29, 1.82) is 0 Å². The van der Waals surface area contributed by atoms with Gasteiger partial charge in [-0.3, -0.25) is 0 Å². The number of aryl methyl sites for hydroxylation is 17. The average Bonchev–Trinajstić information content (AvgIpc) is 3.40. The molecule has 80 heavy (non-hydrogen) atoms. The molecule has 0 aliphatic heterocycles. The summed E-state index contributed by atoms with van der Waals surface area (Å²) in [6.45, 7) is 47.9. The Kier molecular flexibility index (Phi) is 36.9. The fraction of sp³-hybridized carbons (Fsp3) is 0.475. The van der Waals surface area contributed by atoms with Gasteiger partial charge in [0.1, 0.15) is 0 Å². The molecule has 0 heterocycles. The predicted octanol–water partition coefficient (Wildman–Crippen LogP) is 24.4. The van der Waals surface area contributed by atoms with Crippen LogP contribution in [0.2, 0.25) is 0 Å². The Hall–Kier alpha value is -5.46. The van der Waals surface area contributed by atoms with Crippen molar-refractivity contribution in [3.63, 3.8) is 0 Å². The highest BCUT2D eigenvalue weighted by molar-refractivity contribution is 5.37. The molecular weight excluding hydrogens is 961 g/mol. The minimum Gasteiger partial charge on any atom is -0.0654 e. The molecule has 0 aliphatic rings. The van der Waals surface area contributed by atoms with Crippen LogP contribution >= 0.6 is 0 Å². The molecule has 7 aromatic rings. The smallest absolute Gasteiger partial charge is 0.0132 e.